The fourth-order valence-electron chi connectivity index (χ4n) is 5.46. The molecular weight excluding hydrogens is 668 g/mol. The number of aliphatic imine (C=N–C) groups is 1. The van der Waals surface area contributed by atoms with E-state index in [0.29, 0.717) is 41.0 Å². The first-order valence-electron chi connectivity index (χ1n) is 15.2. The van der Waals surface area contributed by atoms with Crippen LogP contribution in [-0.2, 0) is 34.8 Å². The number of ether oxygens (including phenoxy) is 2. The van der Waals surface area contributed by atoms with Gasteiger partial charge in [0.25, 0.3) is 5.91 Å². The van der Waals surface area contributed by atoms with Gasteiger partial charge in [0.2, 0.25) is 5.90 Å². The zero-order chi connectivity index (χ0) is 35.9. The quantitative estimate of drug-likeness (QED) is 0.0508. The topological polar surface area (TPSA) is 129 Å². The van der Waals surface area contributed by atoms with E-state index in [2.05, 4.69) is 15.3 Å². The van der Waals surface area contributed by atoms with Crippen molar-refractivity contribution in [1.82, 2.24) is 5.32 Å². The Bertz CT molecular complexity index is 1860. The van der Waals surface area contributed by atoms with Crippen LogP contribution in [0.5, 0.6) is 5.75 Å². The Balaban J connectivity index is 1.60. The number of hydrogen-bond donors (Lipinski definition) is 2. The second-order valence-electron chi connectivity index (χ2n) is 11.3. The lowest BCUT2D eigenvalue weighted by Crippen LogP contribution is -2.49. The Morgan fingerprint density at radius 2 is 1.58 bits per heavy atom. The molecule has 0 bridgehead atoms. The molecule has 1 aliphatic rings. The first-order chi connectivity index (χ1) is 23.8. The van der Waals surface area contributed by atoms with Crippen LogP contribution < -0.4 is 10.1 Å². The number of hydrogen-bond acceptors (Lipinski definition) is 6. The van der Waals surface area contributed by atoms with Crippen LogP contribution in [0.25, 0.3) is 10.4 Å². The largest absolute Gasteiger partial charge is 0.494 e. The van der Waals surface area contributed by atoms with Crippen molar-refractivity contribution in [3.63, 3.8) is 0 Å². The summed E-state index contributed by atoms with van der Waals surface area (Å²) in [6.07, 6.45) is -11.1. The average Bonchev–Trinajstić information content (AvgIpc) is 3.48. The number of aliphatic hydroxyl groups is 1. The van der Waals surface area contributed by atoms with Crippen molar-refractivity contribution in [2.75, 3.05) is 13.2 Å². The average molecular weight is 698 g/mol. The molecule has 0 aromatic heterocycles. The van der Waals surface area contributed by atoms with Crippen molar-refractivity contribution in [2.24, 2.45) is 10.1 Å². The molecule has 9 nitrogen and oxygen atoms in total. The number of carbonyl (C=O) groups excluding carboxylic acids is 1. The molecule has 1 heterocycles. The van der Waals surface area contributed by atoms with E-state index in [9.17, 15) is 36.7 Å². The summed E-state index contributed by atoms with van der Waals surface area (Å²) in [7, 11) is 0. The Kier molecular flexibility index (Phi) is 10.7. The number of amides is 1. The highest BCUT2D eigenvalue weighted by molar-refractivity contribution is 6.01. The van der Waals surface area contributed by atoms with Crippen molar-refractivity contribution < 1.29 is 45.7 Å². The van der Waals surface area contributed by atoms with Gasteiger partial charge < -0.3 is 19.9 Å². The highest BCUT2D eigenvalue weighted by Crippen LogP contribution is 2.44. The van der Waals surface area contributed by atoms with E-state index < -0.39 is 53.1 Å². The molecular formula is C35H29F6N5O4. The Morgan fingerprint density at radius 1 is 0.940 bits per heavy atom. The highest BCUT2D eigenvalue weighted by Gasteiger charge is 2.53. The molecule has 4 aromatic carbocycles. The molecule has 0 spiro atoms. The lowest BCUT2D eigenvalue weighted by Gasteiger charge is -2.31. The molecule has 1 aliphatic heterocycles. The molecule has 0 aliphatic carbocycles. The van der Waals surface area contributed by atoms with Gasteiger partial charge in [0.1, 0.15) is 5.75 Å². The zero-order valence-electron chi connectivity index (χ0n) is 26.1. The minimum Gasteiger partial charge on any atom is -0.494 e. The minimum atomic E-state index is -5.08. The summed E-state index contributed by atoms with van der Waals surface area (Å²) in [6.45, 7) is -0.487. The molecule has 0 unspecified atom stereocenters. The third kappa shape index (κ3) is 8.18. The van der Waals surface area contributed by atoms with E-state index in [-0.39, 0.29) is 37.3 Å². The second-order valence-corrected chi connectivity index (χ2v) is 11.3. The van der Waals surface area contributed by atoms with Crippen LogP contribution in [0, 0.1) is 0 Å². The summed E-state index contributed by atoms with van der Waals surface area (Å²) >= 11 is 0. The van der Waals surface area contributed by atoms with Crippen LogP contribution in [0.3, 0.4) is 0 Å². The summed E-state index contributed by atoms with van der Waals surface area (Å²) in [5.74, 6) is -0.352. The number of benzene rings is 4. The van der Waals surface area contributed by atoms with Gasteiger partial charge in [-0.2, -0.15) is 26.3 Å². The molecule has 4 aromatic rings. The monoisotopic (exact) mass is 697 g/mol. The van der Waals surface area contributed by atoms with Gasteiger partial charge in [0.15, 0.2) is 11.6 Å². The molecule has 0 radical (unpaired) electrons. The Labute approximate surface area is 281 Å². The molecule has 50 heavy (non-hydrogen) atoms. The summed E-state index contributed by atoms with van der Waals surface area (Å²) in [5.41, 5.74) is 5.29. The second kappa shape index (κ2) is 14.9. The van der Waals surface area contributed by atoms with Gasteiger partial charge in [-0.15, -0.1) is 0 Å². The van der Waals surface area contributed by atoms with E-state index in [4.69, 9.17) is 19.6 Å². The van der Waals surface area contributed by atoms with Crippen molar-refractivity contribution in [1.29, 1.82) is 0 Å². The number of azide groups is 1. The molecule has 2 N–H and O–H groups in total. The van der Waals surface area contributed by atoms with Gasteiger partial charge in [0.05, 0.1) is 17.7 Å². The zero-order valence-corrected chi connectivity index (χ0v) is 26.1. The number of nitrogens with one attached hydrogen (secondary N) is 1. The van der Waals surface area contributed by atoms with E-state index in [0.717, 1.165) is 0 Å². The van der Waals surface area contributed by atoms with E-state index in [1.807, 2.05) is 0 Å². The van der Waals surface area contributed by atoms with Crippen LogP contribution in [0.15, 0.2) is 107 Å². The lowest BCUT2D eigenvalue weighted by atomic mass is 9.81. The third-order valence-corrected chi connectivity index (χ3v) is 7.84. The maximum Gasteiger partial charge on any atom is 0.416 e. The van der Waals surface area contributed by atoms with Crippen LogP contribution in [-0.4, -0.2) is 35.7 Å². The Morgan fingerprint density at radius 3 is 2.20 bits per heavy atom. The van der Waals surface area contributed by atoms with Crippen molar-refractivity contribution in [3.8, 4) is 5.75 Å². The molecule has 15 heteroatoms. The molecule has 5 rings (SSSR count). The molecule has 2 atom stereocenters. The fourth-order valence-corrected chi connectivity index (χ4v) is 5.46. The van der Waals surface area contributed by atoms with Gasteiger partial charge >= 0.3 is 12.4 Å². The van der Waals surface area contributed by atoms with Gasteiger partial charge in [-0.1, -0.05) is 59.7 Å². The SMILES string of the molecule is [N-]=[N+]=Nc1ccccc1C[C@@]1(C(=O)NCc2cc(C(F)(F)F)cc(C(F)(F)F)c2)N=C(c2ccc(OCCCO)cc2)O[C@@H]1c1ccccc1. The van der Waals surface area contributed by atoms with Gasteiger partial charge in [-0.25, -0.2) is 4.99 Å². The summed E-state index contributed by atoms with van der Waals surface area (Å²) in [6, 6.07) is 22.5. The van der Waals surface area contributed by atoms with E-state index in [1.54, 1.807) is 72.8 Å². The van der Waals surface area contributed by atoms with Crippen LogP contribution in [0.1, 0.15) is 45.9 Å². The Hall–Kier alpha value is -5.53. The van der Waals surface area contributed by atoms with Crippen molar-refractivity contribution in [3.05, 3.63) is 141 Å². The first kappa shape index (κ1) is 35.8. The van der Waals surface area contributed by atoms with E-state index >= 15 is 0 Å². The van der Waals surface area contributed by atoms with Crippen LogP contribution in [0.4, 0.5) is 32.0 Å². The normalized spacial score (nSPS) is 17.3. The smallest absolute Gasteiger partial charge is 0.416 e. The number of rotatable bonds is 12. The summed E-state index contributed by atoms with van der Waals surface area (Å²) in [4.78, 5) is 22.1. The predicted octanol–water partition coefficient (Wildman–Crippen LogP) is 8.24. The van der Waals surface area contributed by atoms with Gasteiger partial charge in [-0.3, -0.25) is 4.79 Å². The maximum absolute atomic E-state index is 14.5. The number of alkyl halides is 6. The highest BCUT2D eigenvalue weighted by atomic mass is 19.4. The summed E-state index contributed by atoms with van der Waals surface area (Å²) in [5, 5.41) is 15.3. The van der Waals surface area contributed by atoms with Gasteiger partial charge in [-0.05, 0) is 64.7 Å². The van der Waals surface area contributed by atoms with Crippen molar-refractivity contribution >= 4 is 17.5 Å². The molecule has 0 saturated carbocycles. The fraction of sp³-hybridized carbons (Fsp3) is 0.257. The molecule has 260 valence electrons. The lowest BCUT2D eigenvalue weighted by molar-refractivity contribution is -0.143. The third-order valence-electron chi connectivity index (χ3n) is 7.84. The number of carbonyl (C=O) groups is 1. The van der Waals surface area contributed by atoms with Gasteiger partial charge in [0, 0.05) is 42.2 Å². The number of halogens is 6. The first-order valence-corrected chi connectivity index (χ1v) is 15.2. The predicted molar refractivity (Wildman–Crippen MR) is 170 cm³/mol. The standard InChI is InChI=1S/C35H29F6N5O4/c36-34(37,38)26-17-22(18-27(19-26)35(39,40)41)21-43-32(48)33(20-25-9-4-5-10-29(25)45-46-42)30(23-7-2-1-3-8-23)50-31(44-33)24-11-13-28(14-12-24)49-16-6-15-47/h1-5,7-14,17-19,30,47H,6,15-16,20-21H2,(H,43,48)/t30-,33-/m1/s1. The number of aliphatic hydroxyl groups excluding tert-OH is 1. The van der Waals surface area contributed by atoms with Crippen molar-refractivity contribution in [2.45, 2.75) is 43.4 Å². The maximum atomic E-state index is 14.5. The minimum absolute atomic E-state index is 0.00915. The van der Waals surface area contributed by atoms with E-state index in [1.165, 1.54) is 6.07 Å². The summed E-state index contributed by atoms with van der Waals surface area (Å²) < 4.78 is 93.5. The van der Waals surface area contributed by atoms with Crippen LogP contribution >= 0.6 is 0 Å². The molecule has 0 saturated heterocycles. The molecule has 0 fully saturated rings. The van der Waals surface area contributed by atoms with Crippen LogP contribution in [0.2, 0.25) is 0 Å². The molecule has 1 amide bonds. The number of nitrogens with zero attached hydrogens (tertiary/aromatic N) is 4.